The number of aliphatic carboxylic acids is 1. The second-order valence-electron chi connectivity index (χ2n) is 15.4. The van der Waals surface area contributed by atoms with E-state index in [-0.39, 0.29) is 24.0 Å². The Balaban J connectivity index is 1.24. The largest absolute Gasteiger partial charge is 0.481 e. The van der Waals surface area contributed by atoms with Crippen molar-refractivity contribution in [3.8, 4) is 0 Å². The van der Waals surface area contributed by atoms with Crippen LogP contribution in [0.25, 0.3) is 0 Å². The third-order valence-corrected chi connectivity index (χ3v) is 12.4. The maximum Gasteiger partial charge on any atom is 0.407 e. The smallest absolute Gasteiger partial charge is 0.407 e. The van der Waals surface area contributed by atoms with Crippen molar-refractivity contribution >= 4 is 12.1 Å². The molecule has 5 heteroatoms. The number of rotatable bonds is 14. The number of hydrogen-bond acceptors (Lipinski definition) is 3. The number of ether oxygens (including phenoxy) is 1. The number of carbonyl (C=O) groups is 2. The molecular weight excluding hydrogens is 510 g/mol. The van der Waals surface area contributed by atoms with Crippen LogP contribution in [-0.2, 0) is 9.53 Å². The first-order chi connectivity index (χ1) is 19.5. The summed E-state index contributed by atoms with van der Waals surface area (Å²) in [5, 5.41) is 11.7. The Morgan fingerprint density at radius 3 is 2.46 bits per heavy atom. The molecule has 3 fully saturated rings. The highest BCUT2D eigenvalue weighted by molar-refractivity contribution is 5.67. The zero-order valence-electron chi connectivity index (χ0n) is 27.0. The number of carbonyl (C=O) groups excluding carboxylic acids is 1. The lowest BCUT2D eigenvalue weighted by atomic mass is 9.47. The van der Waals surface area contributed by atoms with Gasteiger partial charge < -0.3 is 15.2 Å². The molecule has 0 saturated heterocycles. The first kappa shape index (κ1) is 32.4. The van der Waals surface area contributed by atoms with E-state index >= 15 is 0 Å². The van der Waals surface area contributed by atoms with Crippen LogP contribution < -0.4 is 5.32 Å². The van der Waals surface area contributed by atoms with Crippen molar-refractivity contribution in [3.05, 3.63) is 11.6 Å². The van der Waals surface area contributed by atoms with Gasteiger partial charge in [0.1, 0.15) is 6.10 Å². The molecule has 4 aliphatic carbocycles. The van der Waals surface area contributed by atoms with E-state index in [2.05, 4.69) is 46.0 Å². The van der Waals surface area contributed by atoms with Gasteiger partial charge in [-0.3, -0.25) is 4.79 Å². The second-order valence-corrected chi connectivity index (χ2v) is 15.4. The molecule has 5 nitrogen and oxygen atoms in total. The summed E-state index contributed by atoms with van der Waals surface area (Å²) in [5.41, 5.74) is 2.38. The summed E-state index contributed by atoms with van der Waals surface area (Å²) < 4.78 is 5.91. The molecule has 4 rings (SSSR count). The Morgan fingerprint density at radius 2 is 1.71 bits per heavy atom. The molecule has 0 aromatic carbocycles. The molecule has 0 aliphatic heterocycles. The van der Waals surface area contributed by atoms with Gasteiger partial charge in [0, 0.05) is 19.4 Å². The fourth-order valence-corrected chi connectivity index (χ4v) is 10.1. The van der Waals surface area contributed by atoms with E-state index in [1.165, 1.54) is 51.4 Å². The molecule has 0 bridgehead atoms. The first-order valence-electron chi connectivity index (χ1n) is 17.4. The highest BCUT2D eigenvalue weighted by atomic mass is 16.6. The summed E-state index contributed by atoms with van der Waals surface area (Å²) in [6, 6.07) is 0. The van der Waals surface area contributed by atoms with E-state index in [1.807, 2.05) is 0 Å². The monoisotopic (exact) mass is 571 g/mol. The lowest BCUT2D eigenvalue weighted by molar-refractivity contribution is -0.137. The second kappa shape index (κ2) is 14.3. The summed E-state index contributed by atoms with van der Waals surface area (Å²) in [5.74, 6) is 4.36. The van der Waals surface area contributed by atoms with E-state index in [1.54, 1.807) is 5.57 Å². The van der Waals surface area contributed by atoms with E-state index in [0.717, 1.165) is 86.9 Å². The topological polar surface area (TPSA) is 75.6 Å². The summed E-state index contributed by atoms with van der Waals surface area (Å²) in [6.45, 7) is 13.1. The van der Waals surface area contributed by atoms with Crippen molar-refractivity contribution in [2.75, 3.05) is 6.54 Å². The first-order valence-corrected chi connectivity index (χ1v) is 17.4. The quantitative estimate of drug-likeness (QED) is 0.161. The summed E-state index contributed by atoms with van der Waals surface area (Å²) in [6.07, 6.45) is 21.3. The average Bonchev–Trinajstić information content (AvgIpc) is 3.27. The van der Waals surface area contributed by atoms with Crippen molar-refractivity contribution in [1.29, 1.82) is 0 Å². The van der Waals surface area contributed by atoms with Gasteiger partial charge in [0.15, 0.2) is 0 Å². The highest BCUT2D eigenvalue weighted by Gasteiger charge is 2.59. The average molecular weight is 572 g/mol. The standard InChI is InChI=1S/C36H61NO4/c1-25(2)12-11-13-26(3)30-17-18-31-29-16-15-27-24-28(19-21-35(27,4)32(29)20-22-36(30,31)5)41-34(40)37-23-10-8-6-7-9-14-33(38)39/h15,25-26,28-32H,6-14,16-24H2,1-5H3,(H,37,40)(H,38,39)/t26-,28+,29+,30?,31?,32?,35+,36-/m1/s1. The predicted molar refractivity (Wildman–Crippen MR) is 167 cm³/mol. The summed E-state index contributed by atoms with van der Waals surface area (Å²) >= 11 is 0. The molecule has 8 atom stereocenters. The van der Waals surface area contributed by atoms with Crippen LogP contribution in [0.3, 0.4) is 0 Å². The highest BCUT2D eigenvalue weighted by Crippen LogP contribution is 2.67. The van der Waals surface area contributed by atoms with Gasteiger partial charge in [-0.1, -0.05) is 84.8 Å². The number of amides is 1. The molecular formula is C36H61NO4. The van der Waals surface area contributed by atoms with Crippen LogP contribution in [0.15, 0.2) is 11.6 Å². The molecule has 2 N–H and O–H groups in total. The van der Waals surface area contributed by atoms with Crippen molar-refractivity contribution in [1.82, 2.24) is 5.32 Å². The SMILES string of the molecule is CC(C)CCC[C@@H](C)C1CCC2[C@@H]3CC=C4C[C@@H](OC(=O)NCCCCCCCC(=O)O)CC[C@]4(C)C3CC[C@@]21C. The van der Waals surface area contributed by atoms with E-state index in [0.29, 0.717) is 12.0 Å². The molecule has 41 heavy (non-hydrogen) atoms. The van der Waals surface area contributed by atoms with Crippen LogP contribution in [-0.4, -0.2) is 29.8 Å². The fraction of sp³-hybridized carbons (Fsp3) is 0.889. The normalized spacial score (nSPS) is 35.2. The van der Waals surface area contributed by atoms with Crippen LogP contribution >= 0.6 is 0 Å². The van der Waals surface area contributed by atoms with Gasteiger partial charge in [-0.2, -0.15) is 0 Å². The Hall–Kier alpha value is -1.52. The number of fused-ring (bicyclic) bond motifs is 5. The van der Waals surface area contributed by atoms with Gasteiger partial charge in [0.2, 0.25) is 0 Å². The number of hydrogen-bond donors (Lipinski definition) is 2. The van der Waals surface area contributed by atoms with Crippen molar-refractivity contribution in [2.24, 2.45) is 46.3 Å². The zero-order chi connectivity index (χ0) is 29.6. The molecule has 0 heterocycles. The van der Waals surface area contributed by atoms with Gasteiger partial charge in [-0.25, -0.2) is 4.79 Å². The van der Waals surface area contributed by atoms with E-state index in [4.69, 9.17) is 9.84 Å². The van der Waals surface area contributed by atoms with Crippen LogP contribution in [0.2, 0.25) is 0 Å². The lowest BCUT2D eigenvalue weighted by Gasteiger charge is -2.58. The van der Waals surface area contributed by atoms with Crippen molar-refractivity contribution in [3.63, 3.8) is 0 Å². The minimum atomic E-state index is -0.720. The Labute approximate surface area is 251 Å². The molecule has 3 saturated carbocycles. The van der Waals surface area contributed by atoms with Crippen LogP contribution in [0.1, 0.15) is 144 Å². The van der Waals surface area contributed by atoms with Crippen LogP contribution in [0, 0.1) is 46.3 Å². The molecule has 0 spiro atoms. The number of carboxylic acid groups (broad SMARTS) is 1. The molecule has 1 amide bonds. The molecule has 4 aliphatic rings. The Morgan fingerprint density at radius 1 is 0.951 bits per heavy atom. The van der Waals surface area contributed by atoms with E-state index in [9.17, 15) is 9.59 Å². The van der Waals surface area contributed by atoms with Gasteiger partial charge in [0.05, 0.1) is 0 Å². The summed E-state index contributed by atoms with van der Waals surface area (Å²) in [7, 11) is 0. The van der Waals surface area contributed by atoms with Crippen molar-refractivity contribution in [2.45, 2.75) is 150 Å². The molecule has 234 valence electrons. The third-order valence-electron chi connectivity index (χ3n) is 12.4. The summed E-state index contributed by atoms with van der Waals surface area (Å²) in [4.78, 5) is 23.1. The molecule has 0 radical (unpaired) electrons. The third kappa shape index (κ3) is 7.71. The number of carboxylic acids is 1. The van der Waals surface area contributed by atoms with Gasteiger partial charge in [0.25, 0.3) is 0 Å². The number of nitrogens with one attached hydrogen (secondary N) is 1. The molecule has 0 aromatic rings. The van der Waals surface area contributed by atoms with Crippen LogP contribution in [0.4, 0.5) is 4.79 Å². The van der Waals surface area contributed by atoms with Gasteiger partial charge >= 0.3 is 12.1 Å². The zero-order valence-corrected chi connectivity index (χ0v) is 27.0. The Kier molecular flexibility index (Phi) is 11.3. The number of alkyl carbamates (subject to hydrolysis) is 1. The minimum Gasteiger partial charge on any atom is -0.481 e. The van der Waals surface area contributed by atoms with Crippen LogP contribution in [0.5, 0.6) is 0 Å². The van der Waals surface area contributed by atoms with Gasteiger partial charge in [-0.15, -0.1) is 0 Å². The van der Waals surface area contributed by atoms with E-state index < -0.39 is 5.97 Å². The lowest BCUT2D eigenvalue weighted by Crippen LogP contribution is -2.51. The van der Waals surface area contributed by atoms with Gasteiger partial charge in [-0.05, 0) is 104 Å². The molecule has 0 aromatic heterocycles. The fourth-order valence-electron chi connectivity index (χ4n) is 10.1. The predicted octanol–water partition coefficient (Wildman–Crippen LogP) is 9.55. The minimum absolute atomic E-state index is 0.00157. The number of allylic oxidation sites excluding steroid dienone is 1. The maximum absolute atomic E-state index is 12.5. The number of unbranched alkanes of at least 4 members (excludes halogenated alkanes) is 4. The Bertz CT molecular complexity index is 913. The maximum atomic E-state index is 12.5. The molecule has 3 unspecified atom stereocenters. The van der Waals surface area contributed by atoms with Crippen molar-refractivity contribution < 1.29 is 19.4 Å².